The van der Waals surface area contributed by atoms with Crippen molar-refractivity contribution in [2.24, 2.45) is 0 Å². The Bertz CT molecular complexity index is 384. The Kier molecular flexibility index (Phi) is 5.69. The molecule has 17 heavy (non-hydrogen) atoms. The van der Waals surface area contributed by atoms with E-state index in [9.17, 15) is 4.79 Å². The fourth-order valence-electron chi connectivity index (χ4n) is 1.85. The van der Waals surface area contributed by atoms with Gasteiger partial charge in [-0.15, -0.1) is 0 Å². The predicted molar refractivity (Wildman–Crippen MR) is 75.4 cm³/mol. The molecule has 0 radical (unpaired) electrons. The first-order chi connectivity index (χ1) is 8.10. The summed E-state index contributed by atoms with van der Waals surface area (Å²) in [4.78, 5) is 14.3. The lowest BCUT2D eigenvalue weighted by molar-refractivity contribution is 0.0755. The summed E-state index contributed by atoms with van der Waals surface area (Å²) >= 11 is 3.42. The molecule has 0 atom stereocenters. The molecule has 0 aliphatic heterocycles. The first-order valence-electron chi connectivity index (χ1n) is 6.15. The number of carbonyl (C=O) groups excluding carboxylic acids is 1. The van der Waals surface area contributed by atoms with Crippen molar-refractivity contribution < 1.29 is 4.79 Å². The Labute approximate surface area is 112 Å². The van der Waals surface area contributed by atoms with E-state index in [1.165, 1.54) is 0 Å². The van der Waals surface area contributed by atoms with Gasteiger partial charge in [0.05, 0.1) is 0 Å². The van der Waals surface area contributed by atoms with Crippen LogP contribution in [0.1, 0.15) is 42.6 Å². The van der Waals surface area contributed by atoms with Crippen molar-refractivity contribution in [3.8, 4) is 0 Å². The van der Waals surface area contributed by atoms with E-state index < -0.39 is 0 Å². The number of aryl methyl sites for hydroxylation is 1. The van der Waals surface area contributed by atoms with Gasteiger partial charge in [-0.05, 0) is 37.5 Å². The molecule has 2 nitrogen and oxygen atoms in total. The maximum Gasteiger partial charge on any atom is 0.254 e. The lowest BCUT2D eigenvalue weighted by Crippen LogP contribution is -2.32. The third-order valence-electron chi connectivity index (χ3n) is 2.70. The van der Waals surface area contributed by atoms with E-state index >= 15 is 0 Å². The third kappa shape index (κ3) is 3.84. The Hall–Kier alpha value is -0.830. The predicted octanol–water partition coefficient (Wildman–Crippen LogP) is 4.02. The minimum atomic E-state index is 0.146. The second-order valence-electron chi connectivity index (χ2n) is 4.25. The van der Waals surface area contributed by atoms with Crippen molar-refractivity contribution in [2.45, 2.75) is 33.6 Å². The van der Waals surface area contributed by atoms with Crippen LogP contribution in [-0.2, 0) is 0 Å². The molecule has 0 aliphatic rings. The van der Waals surface area contributed by atoms with E-state index in [-0.39, 0.29) is 5.91 Å². The summed E-state index contributed by atoms with van der Waals surface area (Å²) < 4.78 is 0.958. The Morgan fingerprint density at radius 3 is 2.35 bits per heavy atom. The molecular formula is C14H20BrNO. The molecule has 0 aliphatic carbocycles. The molecule has 1 aromatic rings. The van der Waals surface area contributed by atoms with Crippen molar-refractivity contribution in [1.29, 1.82) is 0 Å². The molecule has 0 heterocycles. The fourth-order valence-corrected chi connectivity index (χ4v) is 2.21. The molecule has 0 fully saturated rings. The number of hydrogen-bond acceptors (Lipinski definition) is 1. The molecule has 0 aromatic heterocycles. The first-order valence-corrected chi connectivity index (χ1v) is 6.94. The highest BCUT2D eigenvalue weighted by molar-refractivity contribution is 9.10. The van der Waals surface area contributed by atoms with Crippen molar-refractivity contribution in [3.63, 3.8) is 0 Å². The number of halogens is 1. The minimum Gasteiger partial charge on any atom is -0.339 e. The van der Waals surface area contributed by atoms with Gasteiger partial charge in [-0.3, -0.25) is 4.79 Å². The van der Waals surface area contributed by atoms with Crippen molar-refractivity contribution in [1.82, 2.24) is 4.90 Å². The zero-order chi connectivity index (χ0) is 12.8. The van der Waals surface area contributed by atoms with Gasteiger partial charge in [0.2, 0.25) is 0 Å². The Morgan fingerprint density at radius 2 is 1.82 bits per heavy atom. The zero-order valence-corrected chi connectivity index (χ0v) is 12.4. The van der Waals surface area contributed by atoms with Crippen molar-refractivity contribution >= 4 is 21.8 Å². The number of rotatable bonds is 5. The second-order valence-corrected chi connectivity index (χ2v) is 5.17. The standard InChI is InChI=1S/C14H20BrNO/c1-4-8-16(9-5-2)14(17)13-10-12(15)7-6-11(13)3/h6-7,10H,4-5,8-9H2,1-3H3. The second kappa shape index (κ2) is 6.80. The van der Waals surface area contributed by atoms with Crippen molar-refractivity contribution in [2.75, 3.05) is 13.1 Å². The van der Waals surface area contributed by atoms with E-state index in [1.54, 1.807) is 0 Å². The highest BCUT2D eigenvalue weighted by Crippen LogP contribution is 2.18. The first kappa shape index (κ1) is 14.2. The summed E-state index contributed by atoms with van der Waals surface area (Å²) in [7, 11) is 0. The van der Waals surface area contributed by atoms with E-state index in [0.29, 0.717) is 0 Å². The highest BCUT2D eigenvalue weighted by atomic mass is 79.9. The minimum absolute atomic E-state index is 0.146. The maximum atomic E-state index is 12.4. The Balaban J connectivity index is 2.95. The topological polar surface area (TPSA) is 20.3 Å². The van der Waals surface area contributed by atoms with E-state index in [1.807, 2.05) is 30.0 Å². The van der Waals surface area contributed by atoms with Gasteiger partial charge < -0.3 is 4.90 Å². The van der Waals surface area contributed by atoms with E-state index in [2.05, 4.69) is 29.8 Å². The maximum absolute atomic E-state index is 12.4. The van der Waals surface area contributed by atoms with Gasteiger partial charge in [-0.2, -0.15) is 0 Å². The summed E-state index contributed by atoms with van der Waals surface area (Å²) in [5.74, 6) is 0.146. The summed E-state index contributed by atoms with van der Waals surface area (Å²) in [5.41, 5.74) is 1.84. The molecule has 0 N–H and O–H groups in total. The van der Waals surface area contributed by atoms with Gasteiger partial charge in [0, 0.05) is 23.1 Å². The van der Waals surface area contributed by atoms with Crippen LogP contribution < -0.4 is 0 Å². The highest BCUT2D eigenvalue weighted by Gasteiger charge is 2.16. The lowest BCUT2D eigenvalue weighted by atomic mass is 10.1. The quantitative estimate of drug-likeness (QED) is 0.804. The van der Waals surface area contributed by atoms with E-state index in [0.717, 1.165) is 41.5 Å². The van der Waals surface area contributed by atoms with Crippen LogP contribution in [0.15, 0.2) is 22.7 Å². The number of carbonyl (C=O) groups is 1. The molecule has 94 valence electrons. The van der Waals surface area contributed by atoms with Gasteiger partial charge in [0.1, 0.15) is 0 Å². The summed E-state index contributed by atoms with van der Waals surface area (Å²) in [6, 6.07) is 5.86. The molecule has 1 rings (SSSR count). The van der Waals surface area contributed by atoms with Gasteiger partial charge in [0.25, 0.3) is 5.91 Å². The SMILES string of the molecule is CCCN(CCC)C(=O)c1cc(Br)ccc1C. The van der Waals surface area contributed by atoms with Crippen LogP contribution in [0, 0.1) is 6.92 Å². The zero-order valence-electron chi connectivity index (χ0n) is 10.8. The van der Waals surface area contributed by atoms with Crippen LogP contribution in [-0.4, -0.2) is 23.9 Å². The molecule has 0 unspecified atom stereocenters. The smallest absolute Gasteiger partial charge is 0.254 e. The van der Waals surface area contributed by atoms with Crippen molar-refractivity contribution in [3.05, 3.63) is 33.8 Å². The number of hydrogen-bond donors (Lipinski definition) is 0. The molecular weight excluding hydrogens is 278 g/mol. The lowest BCUT2D eigenvalue weighted by Gasteiger charge is -2.22. The van der Waals surface area contributed by atoms with Gasteiger partial charge in [-0.25, -0.2) is 0 Å². The van der Waals surface area contributed by atoms with Gasteiger partial charge >= 0.3 is 0 Å². The Morgan fingerprint density at radius 1 is 1.24 bits per heavy atom. The van der Waals surface area contributed by atoms with Gasteiger partial charge in [-0.1, -0.05) is 35.8 Å². The summed E-state index contributed by atoms with van der Waals surface area (Å²) in [6.45, 7) is 7.85. The van der Waals surface area contributed by atoms with Gasteiger partial charge in [0.15, 0.2) is 0 Å². The normalized spacial score (nSPS) is 10.4. The summed E-state index contributed by atoms with van der Waals surface area (Å²) in [6.07, 6.45) is 2.00. The molecule has 0 spiro atoms. The molecule has 0 saturated heterocycles. The molecule has 0 bridgehead atoms. The average molecular weight is 298 g/mol. The van der Waals surface area contributed by atoms with Crippen LogP contribution in [0.4, 0.5) is 0 Å². The summed E-state index contributed by atoms with van der Waals surface area (Å²) in [5, 5.41) is 0. The number of nitrogens with zero attached hydrogens (tertiary/aromatic N) is 1. The van der Waals surface area contributed by atoms with E-state index in [4.69, 9.17) is 0 Å². The molecule has 1 aromatic carbocycles. The third-order valence-corrected chi connectivity index (χ3v) is 3.20. The molecule has 3 heteroatoms. The molecule has 1 amide bonds. The fraction of sp³-hybridized carbons (Fsp3) is 0.500. The molecule has 0 saturated carbocycles. The van der Waals surface area contributed by atoms with Crippen LogP contribution in [0.2, 0.25) is 0 Å². The monoisotopic (exact) mass is 297 g/mol. The van der Waals surface area contributed by atoms with Crippen LogP contribution in [0.5, 0.6) is 0 Å². The number of amides is 1. The van der Waals surface area contributed by atoms with Crippen LogP contribution in [0.3, 0.4) is 0 Å². The van der Waals surface area contributed by atoms with Crippen LogP contribution >= 0.6 is 15.9 Å². The van der Waals surface area contributed by atoms with Crippen LogP contribution in [0.25, 0.3) is 0 Å². The number of benzene rings is 1. The average Bonchev–Trinajstić information content (AvgIpc) is 2.31. The largest absolute Gasteiger partial charge is 0.339 e.